The number of aromatic nitrogens is 1. The standard InChI is InChI=1S/C24H19F4N3O3S/c25-19-7-9-20(10-8-19)35(33,34)31-13-1-2-22(31)23(32)30-15-16-11-12-29-21(14-16)17-3-5-18(6-4-17)24(26,27)28/h1-12,14,22H,13,15H2,(H,30,32)/t22-/m0/s1. The van der Waals surface area contributed by atoms with Crippen LogP contribution in [0.15, 0.2) is 83.9 Å². The summed E-state index contributed by atoms with van der Waals surface area (Å²) in [6.07, 6.45) is 0.0527. The third-order valence-electron chi connectivity index (χ3n) is 5.40. The highest BCUT2D eigenvalue weighted by Gasteiger charge is 2.36. The Hall–Kier alpha value is -3.57. The average molecular weight is 505 g/mol. The molecular weight excluding hydrogens is 486 g/mol. The number of amides is 1. The molecule has 0 bridgehead atoms. The van der Waals surface area contributed by atoms with Crippen molar-refractivity contribution in [2.45, 2.75) is 23.7 Å². The van der Waals surface area contributed by atoms with Crippen LogP contribution < -0.4 is 5.32 Å². The molecule has 0 unspecified atom stereocenters. The molecule has 1 aromatic heterocycles. The number of alkyl halides is 3. The van der Waals surface area contributed by atoms with Gasteiger partial charge in [0, 0.05) is 24.8 Å². The summed E-state index contributed by atoms with van der Waals surface area (Å²) in [7, 11) is -4.04. The summed E-state index contributed by atoms with van der Waals surface area (Å²) in [6.45, 7) is 0.0366. The summed E-state index contributed by atoms with van der Waals surface area (Å²) in [5.41, 5.74) is 0.751. The molecule has 182 valence electrons. The first-order valence-corrected chi connectivity index (χ1v) is 11.8. The molecule has 1 aliphatic heterocycles. The van der Waals surface area contributed by atoms with Crippen LogP contribution in [-0.4, -0.2) is 36.2 Å². The second-order valence-electron chi connectivity index (χ2n) is 7.74. The monoisotopic (exact) mass is 505 g/mol. The lowest BCUT2D eigenvalue weighted by Gasteiger charge is -2.23. The van der Waals surface area contributed by atoms with E-state index in [-0.39, 0.29) is 18.0 Å². The Morgan fingerprint density at radius 1 is 1.06 bits per heavy atom. The van der Waals surface area contributed by atoms with Gasteiger partial charge in [0.15, 0.2) is 0 Å². The predicted molar refractivity (Wildman–Crippen MR) is 120 cm³/mol. The van der Waals surface area contributed by atoms with Crippen LogP contribution in [0.3, 0.4) is 0 Å². The Labute approximate surface area is 199 Å². The number of sulfonamides is 1. The van der Waals surface area contributed by atoms with E-state index in [9.17, 15) is 30.8 Å². The quantitative estimate of drug-likeness (QED) is 0.403. The van der Waals surface area contributed by atoms with Gasteiger partial charge in [0.2, 0.25) is 15.9 Å². The number of hydrogen-bond donors (Lipinski definition) is 1. The van der Waals surface area contributed by atoms with Crippen molar-refractivity contribution in [1.29, 1.82) is 0 Å². The van der Waals surface area contributed by atoms with Crippen molar-refractivity contribution < 1.29 is 30.8 Å². The lowest BCUT2D eigenvalue weighted by Crippen LogP contribution is -2.45. The van der Waals surface area contributed by atoms with Gasteiger partial charge in [-0.2, -0.15) is 17.5 Å². The molecule has 1 aliphatic rings. The smallest absolute Gasteiger partial charge is 0.350 e. The van der Waals surface area contributed by atoms with Gasteiger partial charge in [-0.3, -0.25) is 9.78 Å². The Kier molecular flexibility index (Phi) is 6.73. The Morgan fingerprint density at radius 3 is 2.40 bits per heavy atom. The number of rotatable bonds is 6. The zero-order chi connectivity index (χ0) is 25.2. The molecule has 2 aromatic carbocycles. The van der Waals surface area contributed by atoms with Crippen LogP contribution in [-0.2, 0) is 27.5 Å². The van der Waals surface area contributed by atoms with Crippen LogP contribution in [0.4, 0.5) is 17.6 Å². The lowest BCUT2D eigenvalue weighted by atomic mass is 10.1. The van der Waals surface area contributed by atoms with Gasteiger partial charge in [0.1, 0.15) is 11.9 Å². The molecule has 11 heteroatoms. The van der Waals surface area contributed by atoms with Crippen molar-refractivity contribution in [3.63, 3.8) is 0 Å². The number of halogens is 4. The van der Waals surface area contributed by atoms with Gasteiger partial charge < -0.3 is 5.32 Å². The van der Waals surface area contributed by atoms with Crippen molar-refractivity contribution in [3.8, 4) is 11.3 Å². The van der Waals surface area contributed by atoms with E-state index in [2.05, 4.69) is 10.3 Å². The van der Waals surface area contributed by atoms with Crippen LogP contribution in [0.5, 0.6) is 0 Å². The largest absolute Gasteiger partial charge is 0.416 e. The summed E-state index contributed by atoms with van der Waals surface area (Å²) in [5.74, 6) is -1.14. The van der Waals surface area contributed by atoms with E-state index in [1.165, 1.54) is 24.4 Å². The number of carbonyl (C=O) groups excluding carboxylic acids is 1. The van der Waals surface area contributed by atoms with Crippen molar-refractivity contribution in [2.24, 2.45) is 0 Å². The first-order chi connectivity index (χ1) is 16.6. The molecule has 0 saturated carbocycles. The second kappa shape index (κ2) is 9.59. The Balaban J connectivity index is 1.45. The number of carbonyl (C=O) groups is 1. The van der Waals surface area contributed by atoms with Crippen LogP contribution in [0, 0.1) is 5.82 Å². The maximum atomic E-state index is 13.2. The highest BCUT2D eigenvalue weighted by Crippen LogP contribution is 2.30. The number of nitrogens with zero attached hydrogens (tertiary/aromatic N) is 2. The van der Waals surface area contributed by atoms with E-state index in [1.807, 2.05) is 0 Å². The van der Waals surface area contributed by atoms with Crippen molar-refractivity contribution in [2.75, 3.05) is 6.54 Å². The molecule has 4 rings (SSSR count). The van der Waals surface area contributed by atoms with Crippen LogP contribution in [0.25, 0.3) is 11.3 Å². The Bertz CT molecular complexity index is 1360. The van der Waals surface area contributed by atoms with Crippen LogP contribution in [0.2, 0.25) is 0 Å². The summed E-state index contributed by atoms with van der Waals surface area (Å²) in [6, 6.07) is 11.1. The molecule has 35 heavy (non-hydrogen) atoms. The fourth-order valence-electron chi connectivity index (χ4n) is 3.58. The minimum Gasteiger partial charge on any atom is -0.350 e. The molecule has 0 spiro atoms. The molecule has 1 amide bonds. The molecule has 0 aliphatic carbocycles. The maximum absolute atomic E-state index is 13.2. The van der Waals surface area contributed by atoms with Crippen LogP contribution in [0.1, 0.15) is 11.1 Å². The van der Waals surface area contributed by atoms with Crippen LogP contribution >= 0.6 is 0 Å². The third kappa shape index (κ3) is 5.41. The molecule has 2 heterocycles. The first kappa shape index (κ1) is 24.6. The molecule has 0 radical (unpaired) electrons. The highest BCUT2D eigenvalue weighted by molar-refractivity contribution is 7.89. The molecule has 3 aromatic rings. The molecule has 6 nitrogen and oxygen atoms in total. The van der Waals surface area contributed by atoms with E-state index < -0.39 is 39.5 Å². The van der Waals surface area contributed by atoms with Gasteiger partial charge in [-0.05, 0) is 54.1 Å². The van der Waals surface area contributed by atoms with Gasteiger partial charge in [-0.25, -0.2) is 12.8 Å². The summed E-state index contributed by atoms with van der Waals surface area (Å²) >= 11 is 0. The lowest BCUT2D eigenvalue weighted by molar-refractivity contribution is -0.137. The minimum atomic E-state index is -4.44. The molecular formula is C24H19F4N3O3S. The fraction of sp³-hybridized carbons (Fsp3) is 0.167. The van der Waals surface area contributed by atoms with Crippen molar-refractivity contribution >= 4 is 15.9 Å². The van der Waals surface area contributed by atoms with Gasteiger partial charge >= 0.3 is 6.18 Å². The topological polar surface area (TPSA) is 79.4 Å². The summed E-state index contributed by atoms with van der Waals surface area (Å²) < 4.78 is 78.4. The average Bonchev–Trinajstić information content (AvgIpc) is 3.34. The second-order valence-corrected chi connectivity index (χ2v) is 9.63. The van der Waals surface area contributed by atoms with Gasteiger partial charge in [-0.15, -0.1) is 0 Å². The number of benzene rings is 2. The van der Waals surface area contributed by atoms with Gasteiger partial charge in [0.05, 0.1) is 16.2 Å². The molecule has 0 saturated heterocycles. The Morgan fingerprint density at radius 2 is 1.74 bits per heavy atom. The van der Waals surface area contributed by atoms with E-state index in [4.69, 9.17) is 0 Å². The number of nitrogens with one attached hydrogen (secondary N) is 1. The normalized spacial score (nSPS) is 16.4. The van der Waals surface area contributed by atoms with Gasteiger partial charge in [-0.1, -0.05) is 24.3 Å². The summed E-state index contributed by atoms with van der Waals surface area (Å²) in [4.78, 5) is 16.8. The fourth-order valence-corrected chi connectivity index (χ4v) is 5.07. The highest BCUT2D eigenvalue weighted by atomic mass is 32.2. The maximum Gasteiger partial charge on any atom is 0.416 e. The zero-order valence-corrected chi connectivity index (χ0v) is 18.9. The SMILES string of the molecule is O=C(NCc1ccnc(-c2ccc(C(F)(F)F)cc2)c1)[C@@H]1C=CCN1S(=O)(=O)c1ccc(F)cc1. The van der Waals surface area contributed by atoms with Gasteiger partial charge in [0.25, 0.3) is 0 Å². The molecule has 0 fully saturated rings. The summed E-state index contributed by atoms with van der Waals surface area (Å²) in [5, 5.41) is 2.68. The van der Waals surface area contributed by atoms with E-state index in [0.717, 1.165) is 40.7 Å². The number of hydrogen-bond acceptors (Lipinski definition) is 4. The zero-order valence-electron chi connectivity index (χ0n) is 18.0. The third-order valence-corrected chi connectivity index (χ3v) is 7.26. The van der Waals surface area contributed by atoms with E-state index in [1.54, 1.807) is 18.2 Å². The van der Waals surface area contributed by atoms with Crippen molar-refractivity contribution in [1.82, 2.24) is 14.6 Å². The number of pyridine rings is 1. The van der Waals surface area contributed by atoms with Crippen molar-refractivity contribution in [3.05, 3.63) is 96.0 Å². The van der Waals surface area contributed by atoms with E-state index in [0.29, 0.717) is 16.8 Å². The van der Waals surface area contributed by atoms with E-state index >= 15 is 0 Å². The predicted octanol–water partition coefficient (Wildman–Crippen LogP) is 4.15. The first-order valence-electron chi connectivity index (χ1n) is 10.4. The molecule has 1 N–H and O–H groups in total. The minimum absolute atomic E-state index is 0.00881. The molecule has 1 atom stereocenters.